The molecule has 14 heavy (non-hydrogen) atoms. The first-order valence-corrected chi connectivity index (χ1v) is 4.79. The zero-order valence-corrected chi connectivity index (χ0v) is 8.19. The number of carbonyl (C=O) groups is 2. The van der Waals surface area contributed by atoms with Gasteiger partial charge < -0.3 is 10.3 Å². The molecule has 1 atom stereocenters. The minimum atomic E-state index is -1.67. The predicted octanol–water partition coefficient (Wildman–Crippen LogP) is 0.664. The van der Waals surface area contributed by atoms with Crippen LogP contribution in [0.2, 0.25) is 0 Å². The number of nitrogens with zero attached hydrogens (tertiary/aromatic N) is 1. The van der Waals surface area contributed by atoms with E-state index in [1.54, 1.807) is 0 Å². The van der Waals surface area contributed by atoms with Gasteiger partial charge in [0, 0.05) is 13.0 Å². The number of carbonyl (C=O) groups excluding carboxylic acids is 1. The fourth-order valence-electron chi connectivity index (χ4n) is 1.86. The van der Waals surface area contributed by atoms with Gasteiger partial charge in [0.05, 0.1) is 0 Å². The van der Waals surface area contributed by atoms with E-state index >= 15 is 0 Å². The third kappa shape index (κ3) is 1.53. The Labute approximate surface area is 82.3 Å². The van der Waals surface area contributed by atoms with Crippen LogP contribution in [-0.4, -0.2) is 39.2 Å². The number of carboxylic acid groups (broad SMARTS) is 1. The summed E-state index contributed by atoms with van der Waals surface area (Å²) in [5, 5.41) is 19.1. The molecule has 80 valence electrons. The summed E-state index contributed by atoms with van der Waals surface area (Å²) in [5.74, 6) is -1.64. The van der Waals surface area contributed by atoms with Gasteiger partial charge in [0.15, 0.2) is 5.78 Å². The molecule has 0 spiro atoms. The van der Waals surface area contributed by atoms with Crippen molar-refractivity contribution in [2.24, 2.45) is 0 Å². The lowest BCUT2D eigenvalue weighted by molar-refractivity contribution is -0.187. The second-order valence-electron chi connectivity index (χ2n) is 3.57. The van der Waals surface area contributed by atoms with E-state index in [1.165, 1.54) is 0 Å². The standard InChI is InChI=1S/C9H15NO4/c1-2-4-7(11)9(8(12)13)5-3-6-10(9)14/h14H,2-6H2,1H3,(H,12,13). The molecule has 0 saturated carbocycles. The van der Waals surface area contributed by atoms with Crippen molar-refractivity contribution < 1.29 is 19.9 Å². The number of aliphatic carboxylic acids is 1. The fraction of sp³-hybridized carbons (Fsp3) is 0.778. The summed E-state index contributed by atoms with van der Waals surface area (Å²) in [4.78, 5) is 22.7. The molecular weight excluding hydrogens is 186 g/mol. The van der Waals surface area contributed by atoms with Crippen LogP contribution in [0.25, 0.3) is 0 Å². The molecule has 0 amide bonds. The van der Waals surface area contributed by atoms with Gasteiger partial charge in [0.1, 0.15) is 0 Å². The van der Waals surface area contributed by atoms with Crippen LogP contribution < -0.4 is 0 Å². The Bertz CT molecular complexity index is 253. The molecule has 1 heterocycles. The van der Waals surface area contributed by atoms with Gasteiger partial charge in [0.2, 0.25) is 5.54 Å². The normalized spacial score (nSPS) is 27.9. The minimum absolute atomic E-state index is 0.198. The van der Waals surface area contributed by atoms with Gasteiger partial charge in [-0.05, 0) is 19.3 Å². The molecule has 0 aromatic heterocycles. The highest BCUT2D eigenvalue weighted by Gasteiger charge is 2.53. The summed E-state index contributed by atoms with van der Waals surface area (Å²) in [7, 11) is 0. The summed E-state index contributed by atoms with van der Waals surface area (Å²) < 4.78 is 0. The van der Waals surface area contributed by atoms with Crippen LogP contribution in [0, 0.1) is 0 Å². The lowest BCUT2D eigenvalue weighted by atomic mass is 9.89. The maximum Gasteiger partial charge on any atom is 0.334 e. The van der Waals surface area contributed by atoms with Gasteiger partial charge >= 0.3 is 5.97 Å². The Kier molecular flexibility index (Phi) is 3.23. The lowest BCUT2D eigenvalue weighted by Gasteiger charge is -2.28. The van der Waals surface area contributed by atoms with Crippen molar-refractivity contribution in [2.45, 2.75) is 38.1 Å². The summed E-state index contributed by atoms with van der Waals surface area (Å²) in [6.07, 6.45) is 1.54. The number of hydrogen-bond donors (Lipinski definition) is 2. The van der Waals surface area contributed by atoms with Crippen molar-refractivity contribution in [3.63, 3.8) is 0 Å². The van der Waals surface area contributed by atoms with E-state index in [1.807, 2.05) is 6.92 Å². The topological polar surface area (TPSA) is 77.8 Å². The molecule has 5 nitrogen and oxygen atoms in total. The Morgan fingerprint density at radius 1 is 1.50 bits per heavy atom. The number of rotatable bonds is 4. The van der Waals surface area contributed by atoms with E-state index < -0.39 is 17.3 Å². The first-order valence-electron chi connectivity index (χ1n) is 4.79. The van der Waals surface area contributed by atoms with Crippen molar-refractivity contribution in [3.05, 3.63) is 0 Å². The molecule has 0 radical (unpaired) electrons. The molecule has 1 saturated heterocycles. The molecule has 0 aromatic carbocycles. The van der Waals surface area contributed by atoms with Crippen LogP contribution in [0.5, 0.6) is 0 Å². The summed E-state index contributed by atoms with van der Waals surface area (Å²) in [6.45, 7) is 2.06. The van der Waals surface area contributed by atoms with E-state index in [0.717, 1.165) is 0 Å². The van der Waals surface area contributed by atoms with Crippen molar-refractivity contribution >= 4 is 11.8 Å². The maximum atomic E-state index is 11.6. The van der Waals surface area contributed by atoms with Crippen LogP contribution in [0.15, 0.2) is 0 Å². The number of hydroxylamine groups is 2. The van der Waals surface area contributed by atoms with E-state index in [9.17, 15) is 14.8 Å². The average molecular weight is 201 g/mol. The third-order valence-electron chi connectivity index (χ3n) is 2.64. The van der Waals surface area contributed by atoms with Crippen LogP contribution in [0.1, 0.15) is 32.6 Å². The van der Waals surface area contributed by atoms with Crippen molar-refractivity contribution in [2.75, 3.05) is 6.54 Å². The van der Waals surface area contributed by atoms with Crippen molar-refractivity contribution in [1.29, 1.82) is 0 Å². The largest absolute Gasteiger partial charge is 0.479 e. The van der Waals surface area contributed by atoms with Gasteiger partial charge in [-0.25, -0.2) is 4.79 Å². The first-order chi connectivity index (χ1) is 6.55. The Morgan fingerprint density at radius 3 is 2.50 bits per heavy atom. The molecule has 5 heteroatoms. The van der Waals surface area contributed by atoms with Gasteiger partial charge in [0.25, 0.3) is 0 Å². The number of Topliss-reactive ketones (excluding diaryl/α,β-unsaturated/α-hetero) is 1. The summed E-state index contributed by atoms with van der Waals surface area (Å²) >= 11 is 0. The monoisotopic (exact) mass is 201 g/mol. The van der Waals surface area contributed by atoms with Crippen molar-refractivity contribution in [3.8, 4) is 0 Å². The second-order valence-corrected chi connectivity index (χ2v) is 3.57. The van der Waals surface area contributed by atoms with E-state index in [4.69, 9.17) is 5.11 Å². The molecule has 1 unspecified atom stereocenters. The third-order valence-corrected chi connectivity index (χ3v) is 2.64. The van der Waals surface area contributed by atoms with Gasteiger partial charge in [-0.2, -0.15) is 5.06 Å². The molecule has 2 N–H and O–H groups in total. The minimum Gasteiger partial charge on any atom is -0.479 e. The molecule has 1 aliphatic heterocycles. The first kappa shape index (κ1) is 11.1. The van der Waals surface area contributed by atoms with Crippen LogP contribution in [0.4, 0.5) is 0 Å². The van der Waals surface area contributed by atoms with Crippen LogP contribution >= 0.6 is 0 Å². The van der Waals surface area contributed by atoms with Crippen LogP contribution in [0.3, 0.4) is 0 Å². The fourth-order valence-corrected chi connectivity index (χ4v) is 1.86. The summed E-state index contributed by atoms with van der Waals surface area (Å²) in [5.41, 5.74) is -1.67. The molecule has 0 aromatic rings. The van der Waals surface area contributed by atoms with Gasteiger partial charge in [-0.1, -0.05) is 6.92 Å². The Morgan fingerprint density at radius 2 is 2.14 bits per heavy atom. The highest BCUT2D eigenvalue weighted by Crippen LogP contribution is 2.30. The van der Waals surface area contributed by atoms with Gasteiger partial charge in [-0.15, -0.1) is 0 Å². The highest BCUT2D eigenvalue weighted by molar-refractivity contribution is 6.07. The van der Waals surface area contributed by atoms with E-state index in [2.05, 4.69) is 0 Å². The number of ketones is 1. The number of carboxylic acids is 1. The SMILES string of the molecule is CCCC(=O)C1(C(=O)O)CCCN1O. The molecule has 1 rings (SSSR count). The zero-order chi connectivity index (χ0) is 10.8. The predicted molar refractivity (Wildman–Crippen MR) is 48.0 cm³/mol. The van der Waals surface area contributed by atoms with E-state index in [0.29, 0.717) is 17.9 Å². The lowest BCUT2D eigenvalue weighted by Crippen LogP contribution is -2.55. The van der Waals surface area contributed by atoms with E-state index in [-0.39, 0.29) is 19.4 Å². The average Bonchev–Trinajstić information content (AvgIpc) is 2.48. The Hall–Kier alpha value is -0.940. The summed E-state index contributed by atoms with van der Waals surface area (Å²) in [6, 6.07) is 0. The Balaban J connectivity index is 2.92. The number of hydrogen-bond acceptors (Lipinski definition) is 4. The quantitative estimate of drug-likeness (QED) is 0.653. The molecule has 1 fully saturated rings. The smallest absolute Gasteiger partial charge is 0.334 e. The maximum absolute atomic E-state index is 11.6. The second kappa shape index (κ2) is 4.06. The molecule has 0 bridgehead atoms. The molecular formula is C9H15NO4. The van der Waals surface area contributed by atoms with Crippen molar-refractivity contribution in [1.82, 2.24) is 5.06 Å². The highest BCUT2D eigenvalue weighted by atomic mass is 16.5. The van der Waals surface area contributed by atoms with Crippen LogP contribution in [-0.2, 0) is 9.59 Å². The molecule has 1 aliphatic rings. The molecule has 0 aliphatic carbocycles. The zero-order valence-electron chi connectivity index (χ0n) is 8.19. The van der Waals surface area contributed by atoms with Gasteiger partial charge in [-0.3, -0.25) is 4.79 Å².